The Morgan fingerprint density at radius 1 is 1.50 bits per heavy atom. The topological polar surface area (TPSA) is 26.3 Å². The van der Waals surface area contributed by atoms with E-state index in [0.717, 1.165) is 19.3 Å². The Balaban J connectivity index is 2.15. The van der Waals surface area contributed by atoms with Gasteiger partial charge in [0.1, 0.15) is 6.61 Å². The van der Waals surface area contributed by atoms with Crippen LogP contribution < -0.4 is 0 Å². The molecular formula is C12H20O2. The first-order valence-corrected chi connectivity index (χ1v) is 5.60. The molecule has 0 heterocycles. The number of carbonyl (C=O) groups is 1. The molecule has 0 amide bonds. The molecule has 2 nitrogen and oxygen atoms in total. The Morgan fingerprint density at radius 3 is 3.00 bits per heavy atom. The molecular weight excluding hydrogens is 176 g/mol. The lowest BCUT2D eigenvalue weighted by Crippen LogP contribution is -2.10. The quantitative estimate of drug-likeness (QED) is 0.482. The molecule has 0 bridgehead atoms. The van der Waals surface area contributed by atoms with Gasteiger partial charge in [0.05, 0.1) is 0 Å². The van der Waals surface area contributed by atoms with Crippen LogP contribution in [0.15, 0.2) is 11.6 Å². The number of carbonyl (C=O) groups excluding carboxylic acids is 1. The van der Waals surface area contributed by atoms with Crippen LogP contribution in [0.2, 0.25) is 0 Å². The summed E-state index contributed by atoms with van der Waals surface area (Å²) in [6.07, 6.45) is 8.61. The van der Waals surface area contributed by atoms with Gasteiger partial charge in [0.2, 0.25) is 0 Å². The maximum atomic E-state index is 11.4. The Kier molecular flexibility index (Phi) is 5.53. The molecule has 0 aromatic rings. The number of rotatable bonds is 6. The van der Waals surface area contributed by atoms with Crippen LogP contribution in [0.25, 0.3) is 0 Å². The number of hydrogen-bond donors (Lipinski definition) is 0. The smallest absolute Gasteiger partial charge is 0.162 e. The maximum absolute atomic E-state index is 11.4. The first-order chi connectivity index (χ1) is 6.83. The zero-order valence-electron chi connectivity index (χ0n) is 9.05. The minimum atomic E-state index is 0.228. The lowest BCUT2D eigenvalue weighted by Gasteiger charge is -2.11. The van der Waals surface area contributed by atoms with Crippen molar-refractivity contribution < 1.29 is 9.53 Å². The molecule has 0 spiro atoms. The molecule has 14 heavy (non-hydrogen) atoms. The lowest BCUT2D eigenvalue weighted by atomic mass is 9.96. The van der Waals surface area contributed by atoms with E-state index in [0.29, 0.717) is 19.6 Å². The fourth-order valence-electron chi connectivity index (χ4n) is 1.70. The zero-order chi connectivity index (χ0) is 10.2. The summed E-state index contributed by atoms with van der Waals surface area (Å²) in [4.78, 5) is 11.4. The van der Waals surface area contributed by atoms with Crippen LogP contribution in [0.3, 0.4) is 0 Å². The SMILES string of the molecule is CCCOCC(=O)CC1=CCCCC1. The van der Waals surface area contributed by atoms with Gasteiger partial charge in [-0.05, 0) is 32.1 Å². The predicted molar refractivity (Wildman–Crippen MR) is 57.3 cm³/mol. The third-order valence-electron chi connectivity index (χ3n) is 2.42. The monoisotopic (exact) mass is 196 g/mol. The highest BCUT2D eigenvalue weighted by atomic mass is 16.5. The van der Waals surface area contributed by atoms with Gasteiger partial charge in [-0.2, -0.15) is 0 Å². The first-order valence-electron chi connectivity index (χ1n) is 5.60. The molecule has 0 aromatic heterocycles. The summed E-state index contributed by atoms with van der Waals surface area (Å²) in [5.74, 6) is 0.228. The van der Waals surface area contributed by atoms with Gasteiger partial charge < -0.3 is 4.74 Å². The van der Waals surface area contributed by atoms with Crippen molar-refractivity contribution in [2.45, 2.75) is 45.4 Å². The van der Waals surface area contributed by atoms with E-state index >= 15 is 0 Å². The average molecular weight is 196 g/mol. The average Bonchev–Trinajstić information content (AvgIpc) is 2.20. The molecule has 80 valence electrons. The maximum Gasteiger partial charge on any atom is 0.162 e. The van der Waals surface area contributed by atoms with Gasteiger partial charge in [0.25, 0.3) is 0 Å². The Hall–Kier alpha value is -0.630. The second-order valence-electron chi connectivity index (χ2n) is 3.88. The summed E-state index contributed by atoms with van der Waals surface area (Å²) in [7, 11) is 0. The van der Waals surface area contributed by atoms with Gasteiger partial charge in [0.15, 0.2) is 5.78 Å². The molecule has 0 unspecified atom stereocenters. The van der Waals surface area contributed by atoms with E-state index < -0.39 is 0 Å². The summed E-state index contributed by atoms with van der Waals surface area (Å²) in [6, 6.07) is 0. The Labute approximate surface area is 86.3 Å². The summed E-state index contributed by atoms with van der Waals surface area (Å²) in [5.41, 5.74) is 1.32. The molecule has 0 fully saturated rings. The van der Waals surface area contributed by atoms with Gasteiger partial charge in [-0.1, -0.05) is 18.6 Å². The van der Waals surface area contributed by atoms with Crippen molar-refractivity contribution in [3.63, 3.8) is 0 Å². The molecule has 0 aromatic carbocycles. The fraction of sp³-hybridized carbons (Fsp3) is 0.750. The van der Waals surface area contributed by atoms with Gasteiger partial charge in [-0.15, -0.1) is 0 Å². The Morgan fingerprint density at radius 2 is 2.36 bits per heavy atom. The number of allylic oxidation sites excluding steroid dienone is 2. The van der Waals surface area contributed by atoms with Crippen LogP contribution in [-0.2, 0) is 9.53 Å². The minimum absolute atomic E-state index is 0.228. The van der Waals surface area contributed by atoms with E-state index in [9.17, 15) is 4.79 Å². The third-order valence-corrected chi connectivity index (χ3v) is 2.42. The summed E-state index contributed by atoms with van der Waals surface area (Å²) < 4.78 is 5.21. The summed E-state index contributed by atoms with van der Waals surface area (Å²) in [5, 5.41) is 0. The van der Waals surface area contributed by atoms with Crippen molar-refractivity contribution in [1.82, 2.24) is 0 Å². The lowest BCUT2D eigenvalue weighted by molar-refractivity contribution is -0.122. The van der Waals surface area contributed by atoms with Crippen LogP contribution in [0.1, 0.15) is 45.4 Å². The number of Topliss-reactive ketones (excluding diaryl/α,β-unsaturated/α-hetero) is 1. The van der Waals surface area contributed by atoms with E-state index in [1.54, 1.807) is 0 Å². The molecule has 0 saturated carbocycles. The number of hydrogen-bond acceptors (Lipinski definition) is 2. The van der Waals surface area contributed by atoms with Gasteiger partial charge >= 0.3 is 0 Å². The fourth-order valence-corrected chi connectivity index (χ4v) is 1.70. The first kappa shape index (κ1) is 11.4. The number of ketones is 1. The van der Waals surface area contributed by atoms with E-state index in [4.69, 9.17) is 4.74 Å². The molecule has 0 saturated heterocycles. The second-order valence-corrected chi connectivity index (χ2v) is 3.88. The molecule has 2 heteroatoms. The zero-order valence-corrected chi connectivity index (χ0v) is 9.05. The molecule has 0 radical (unpaired) electrons. The van der Waals surface area contributed by atoms with Gasteiger partial charge in [-0.25, -0.2) is 0 Å². The highest BCUT2D eigenvalue weighted by Crippen LogP contribution is 2.20. The van der Waals surface area contributed by atoms with Crippen molar-refractivity contribution in [3.05, 3.63) is 11.6 Å². The molecule has 0 N–H and O–H groups in total. The number of ether oxygens (including phenoxy) is 1. The normalized spacial score (nSPS) is 16.5. The van der Waals surface area contributed by atoms with Crippen molar-refractivity contribution >= 4 is 5.78 Å². The van der Waals surface area contributed by atoms with E-state index in [1.165, 1.54) is 18.4 Å². The van der Waals surface area contributed by atoms with Crippen molar-refractivity contribution in [3.8, 4) is 0 Å². The third kappa shape index (κ3) is 4.56. The molecule has 1 aliphatic rings. The Bertz CT molecular complexity index is 206. The molecule has 0 atom stereocenters. The molecule has 1 aliphatic carbocycles. The van der Waals surface area contributed by atoms with Gasteiger partial charge in [-0.3, -0.25) is 4.79 Å². The van der Waals surface area contributed by atoms with Gasteiger partial charge in [0, 0.05) is 13.0 Å². The summed E-state index contributed by atoms with van der Waals surface area (Å²) >= 11 is 0. The van der Waals surface area contributed by atoms with E-state index in [2.05, 4.69) is 6.08 Å². The second kappa shape index (κ2) is 6.77. The predicted octanol–water partition coefficient (Wildman–Crippen LogP) is 2.87. The van der Waals surface area contributed by atoms with Crippen LogP contribution in [0.5, 0.6) is 0 Å². The largest absolute Gasteiger partial charge is 0.374 e. The molecule has 1 rings (SSSR count). The van der Waals surface area contributed by atoms with Crippen LogP contribution in [0.4, 0.5) is 0 Å². The van der Waals surface area contributed by atoms with Crippen molar-refractivity contribution in [2.24, 2.45) is 0 Å². The standard InChI is InChI=1S/C12H20O2/c1-2-8-14-10-12(13)9-11-6-4-3-5-7-11/h6H,2-5,7-10H2,1H3. The van der Waals surface area contributed by atoms with Crippen LogP contribution in [-0.4, -0.2) is 19.0 Å². The van der Waals surface area contributed by atoms with Crippen molar-refractivity contribution in [1.29, 1.82) is 0 Å². The minimum Gasteiger partial charge on any atom is -0.374 e. The van der Waals surface area contributed by atoms with Crippen molar-refractivity contribution in [2.75, 3.05) is 13.2 Å². The van der Waals surface area contributed by atoms with E-state index in [1.807, 2.05) is 6.92 Å². The van der Waals surface area contributed by atoms with Crippen LogP contribution >= 0.6 is 0 Å². The highest BCUT2D eigenvalue weighted by molar-refractivity contribution is 5.82. The summed E-state index contributed by atoms with van der Waals surface area (Å²) in [6.45, 7) is 3.05. The highest BCUT2D eigenvalue weighted by Gasteiger charge is 2.08. The van der Waals surface area contributed by atoms with E-state index in [-0.39, 0.29) is 5.78 Å². The van der Waals surface area contributed by atoms with Crippen LogP contribution in [0, 0.1) is 0 Å². The molecule has 0 aliphatic heterocycles.